The Bertz CT molecular complexity index is 1040. The predicted molar refractivity (Wildman–Crippen MR) is 145 cm³/mol. The van der Waals surface area contributed by atoms with Gasteiger partial charge in [0, 0.05) is 29.8 Å². The summed E-state index contributed by atoms with van der Waals surface area (Å²) < 4.78 is 16.0. The summed E-state index contributed by atoms with van der Waals surface area (Å²) >= 11 is 0. The minimum absolute atomic E-state index is 0.0247. The van der Waals surface area contributed by atoms with Crippen LogP contribution in [0.1, 0.15) is 82.1 Å². The van der Waals surface area contributed by atoms with Crippen LogP contribution in [-0.4, -0.2) is 68.4 Å². The molecule has 1 aromatic carbocycles. The zero-order valence-corrected chi connectivity index (χ0v) is 24.0. The first-order chi connectivity index (χ1) is 17.7. The van der Waals surface area contributed by atoms with E-state index in [0.29, 0.717) is 18.3 Å². The summed E-state index contributed by atoms with van der Waals surface area (Å²) in [5, 5.41) is 17.2. The summed E-state index contributed by atoms with van der Waals surface area (Å²) in [5.41, 5.74) is 0.128. The SMILES string of the molecule is CCC(NC(=O)c1cccc(OP(=O)(O)O)c1C)C(O)CN1CC2CCCCC2CC1C(=O)NC(C)(C)C. The number of phosphoric acid groups is 1. The predicted octanol–water partition coefficient (Wildman–Crippen LogP) is 3.13. The highest BCUT2D eigenvalue weighted by Crippen LogP contribution is 2.40. The maximum atomic E-state index is 13.3. The second-order valence-electron chi connectivity index (χ2n) is 11.8. The summed E-state index contributed by atoms with van der Waals surface area (Å²) in [6, 6.07) is 3.49. The third-order valence-corrected chi connectivity index (χ3v) is 8.13. The van der Waals surface area contributed by atoms with E-state index in [1.165, 1.54) is 31.0 Å². The molecule has 0 spiro atoms. The lowest BCUT2D eigenvalue weighted by Gasteiger charge is -2.47. The lowest BCUT2D eigenvalue weighted by molar-refractivity contribution is -0.132. The van der Waals surface area contributed by atoms with Crippen molar-refractivity contribution in [2.45, 2.75) is 96.9 Å². The molecule has 0 radical (unpaired) electrons. The van der Waals surface area contributed by atoms with Gasteiger partial charge >= 0.3 is 7.82 Å². The highest BCUT2D eigenvalue weighted by Gasteiger charge is 2.41. The highest BCUT2D eigenvalue weighted by atomic mass is 31.2. The molecule has 0 aromatic heterocycles. The number of aliphatic hydroxyl groups excluding tert-OH is 1. The summed E-state index contributed by atoms with van der Waals surface area (Å²) in [6.45, 7) is 10.3. The maximum absolute atomic E-state index is 13.3. The van der Waals surface area contributed by atoms with Gasteiger partial charge < -0.3 is 20.3 Å². The van der Waals surface area contributed by atoms with Gasteiger partial charge in [0.05, 0.1) is 18.2 Å². The largest absolute Gasteiger partial charge is 0.524 e. The molecule has 11 heteroatoms. The van der Waals surface area contributed by atoms with Crippen LogP contribution < -0.4 is 15.2 Å². The minimum atomic E-state index is -4.78. The number of phosphoric ester groups is 1. The van der Waals surface area contributed by atoms with Gasteiger partial charge in [-0.3, -0.25) is 24.3 Å². The molecule has 0 bridgehead atoms. The average molecular weight is 554 g/mol. The standard InChI is InChI=1S/C27H44N3O7P/c1-6-21(28-25(32)20-12-9-13-24(17(20)2)37-38(34,35)36)23(31)16-30-15-19-11-8-7-10-18(19)14-22(30)26(33)29-27(3,4)5/h9,12-13,18-19,21-23,31H,6-8,10-11,14-16H2,1-5H3,(H,28,32)(H,29,33)(H2,34,35,36). The van der Waals surface area contributed by atoms with Crippen LogP contribution in [0.2, 0.25) is 0 Å². The molecule has 2 fully saturated rings. The summed E-state index contributed by atoms with van der Waals surface area (Å²) in [5.74, 6) is 0.437. The van der Waals surface area contributed by atoms with Crippen molar-refractivity contribution < 1.29 is 33.6 Å². The second kappa shape index (κ2) is 12.5. The lowest BCUT2D eigenvalue weighted by atomic mass is 9.72. The van der Waals surface area contributed by atoms with Crippen LogP contribution in [-0.2, 0) is 9.36 Å². The molecule has 2 amide bonds. The zero-order valence-electron chi connectivity index (χ0n) is 23.1. The Morgan fingerprint density at radius 2 is 1.84 bits per heavy atom. The first kappa shape index (κ1) is 30.6. The number of carbonyl (C=O) groups excluding carboxylic acids is 2. The molecule has 1 saturated heterocycles. The number of nitrogens with one attached hydrogen (secondary N) is 2. The Labute approximate surface area is 225 Å². The Hall–Kier alpha value is -1.97. The molecule has 10 nitrogen and oxygen atoms in total. The van der Waals surface area contributed by atoms with Crippen LogP contribution in [0.15, 0.2) is 18.2 Å². The van der Waals surface area contributed by atoms with Crippen LogP contribution in [0.4, 0.5) is 0 Å². The quantitative estimate of drug-likeness (QED) is 0.293. The fourth-order valence-corrected chi connectivity index (χ4v) is 6.25. The van der Waals surface area contributed by atoms with Crippen molar-refractivity contribution in [1.29, 1.82) is 0 Å². The Morgan fingerprint density at radius 1 is 1.18 bits per heavy atom. The molecule has 3 rings (SSSR count). The summed E-state index contributed by atoms with van der Waals surface area (Å²) in [7, 11) is -4.78. The zero-order chi connectivity index (χ0) is 28.3. The number of amides is 2. The molecule has 1 heterocycles. The van der Waals surface area contributed by atoms with Crippen molar-refractivity contribution in [3.8, 4) is 5.75 Å². The number of likely N-dealkylation sites (tertiary alicyclic amines) is 1. The van der Waals surface area contributed by atoms with E-state index in [2.05, 4.69) is 15.5 Å². The van der Waals surface area contributed by atoms with Gasteiger partial charge in [0.2, 0.25) is 5.91 Å². The molecule has 214 valence electrons. The van der Waals surface area contributed by atoms with E-state index >= 15 is 0 Å². The third kappa shape index (κ3) is 8.26. The number of β-amino-alcohol motifs (C(OH)–C–C–N with tert-alkyl or cyclic N) is 1. The van der Waals surface area contributed by atoms with E-state index in [1.807, 2.05) is 27.7 Å². The minimum Gasteiger partial charge on any atom is -0.404 e. The number of nitrogens with zero attached hydrogens (tertiary/aromatic N) is 1. The van der Waals surface area contributed by atoms with Crippen molar-refractivity contribution >= 4 is 19.6 Å². The Morgan fingerprint density at radius 3 is 2.45 bits per heavy atom. The van der Waals surface area contributed by atoms with E-state index in [9.17, 15) is 19.3 Å². The normalized spacial score (nSPS) is 24.2. The van der Waals surface area contributed by atoms with Crippen LogP contribution in [0.5, 0.6) is 5.75 Å². The number of hydrogen-bond donors (Lipinski definition) is 5. The van der Waals surface area contributed by atoms with Crippen molar-refractivity contribution in [1.82, 2.24) is 15.5 Å². The number of carbonyl (C=O) groups is 2. The van der Waals surface area contributed by atoms with Crippen LogP contribution >= 0.6 is 7.82 Å². The fourth-order valence-electron chi connectivity index (χ4n) is 5.80. The summed E-state index contributed by atoms with van der Waals surface area (Å²) in [4.78, 5) is 46.8. The van der Waals surface area contributed by atoms with Crippen molar-refractivity contribution in [2.75, 3.05) is 13.1 Å². The van der Waals surface area contributed by atoms with Gasteiger partial charge in [0.15, 0.2) is 0 Å². The van der Waals surface area contributed by atoms with Gasteiger partial charge in [-0.25, -0.2) is 4.57 Å². The van der Waals surface area contributed by atoms with Gasteiger partial charge in [0.25, 0.3) is 5.91 Å². The Balaban J connectivity index is 1.73. The van der Waals surface area contributed by atoms with Crippen LogP contribution in [0.25, 0.3) is 0 Å². The molecule has 1 aromatic rings. The topological polar surface area (TPSA) is 148 Å². The molecular formula is C27H44N3O7P. The van der Waals surface area contributed by atoms with Crippen molar-refractivity contribution in [3.63, 3.8) is 0 Å². The number of benzene rings is 1. The molecule has 5 atom stereocenters. The van der Waals surface area contributed by atoms with E-state index in [-0.39, 0.29) is 40.9 Å². The number of rotatable bonds is 9. The molecular weight excluding hydrogens is 509 g/mol. The Kier molecular flexibility index (Phi) is 10.0. The van der Waals surface area contributed by atoms with E-state index in [0.717, 1.165) is 25.8 Å². The monoisotopic (exact) mass is 553 g/mol. The molecule has 5 N–H and O–H groups in total. The summed E-state index contributed by atoms with van der Waals surface area (Å²) in [6.07, 6.45) is 4.97. The van der Waals surface area contributed by atoms with E-state index in [1.54, 1.807) is 6.92 Å². The van der Waals surface area contributed by atoms with Gasteiger partial charge in [-0.1, -0.05) is 32.3 Å². The van der Waals surface area contributed by atoms with Crippen LogP contribution in [0.3, 0.4) is 0 Å². The van der Waals surface area contributed by atoms with E-state index in [4.69, 9.17) is 14.3 Å². The molecule has 1 aliphatic carbocycles. The van der Waals surface area contributed by atoms with E-state index < -0.39 is 25.9 Å². The van der Waals surface area contributed by atoms with Gasteiger partial charge in [-0.05, 0) is 70.9 Å². The van der Waals surface area contributed by atoms with Crippen molar-refractivity contribution in [2.24, 2.45) is 11.8 Å². The molecule has 5 unspecified atom stereocenters. The first-order valence-corrected chi connectivity index (χ1v) is 15.1. The molecule has 2 aliphatic rings. The van der Waals surface area contributed by atoms with Gasteiger partial charge in [-0.15, -0.1) is 0 Å². The number of piperidine rings is 1. The van der Waals surface area contributed by atoms with Crippen LogP contribution in [0, 0.1) is 18.8 Å². The number of fused-ring (bicyclic) bond motifs is 1. The third-order valence-electron chi connectivity index (χ3n) is 7.69. The fraction of sp³-hybridized carbons (Fsp3) is 0.704. The highest BCUT2D eigenvalue weighted by molar-refractivity contribution is 7.46. The molecule has 1 saturated carbocycles. The smallest absolute Gasteiger partial charge is 0.404 e. The van der Waals surface area contributed by atoms with Gasteiger partial charge in [-0.2, -0.15) is 0 Å². The molecule has 1 aliphatic heterocycles. The molecule has 38 heavy (non-hydrogen) atoms. The maximum Gasteiger partial charge on any atom is 0.524 e. The lowest BCUT2D eigenvalue weighted by Crippen LogP contribution is -2.60. The van der Waals surface area contributed by atoms with Crippen molar-refractivity contribution in [3.05, 3.63) is 29.3 Å². The number of aliphatic hydroxyl groups is 1. The second-order valence-corrected chi connectivity index (χ2v) is 13.0. The average Bonchev–Trinajstić information content (AvgIpc) is 2.81. The number of hydrogen-bond acceptors (Lipinski definition) is 6. The van der Waals surface area contributed by atoms with Gasteiger partial charge in [0.1, 0.15) is 5.75 Å². The first-order valence-electron chi connectivity index (χ1n) is 13.6.